The van der Waals surface area contributed by atoms with Crippen molar-refractivity contribution >= 4 is 17.5 Å². The molecule has 0 spiro atoms. The van der Waals surface area contributed by atoms with Crippen LogP contribution in [0.1, 0.15) is 12.0 Å². The Hall–Kier alpha value is -2.00. The molecule has 1 amide bonds. The van der Waals surface area contributed by atoms with Crippen LogP contribution in [0.5, 0.6) is 5.75 Å². The van der Waals surface area contributed by atoms with Crippen LogP contribution in [0.3, 0.4) is 0 Å². The fourth-order valence-corrected chi connectivity index (χ4v) is 1.90. The Morgan fingerprint density at radius 3 is 2.50 bits per heavy atom. The number of amides is 1. The molecule has 20 heavy (non-hydrogen) atoms. The number of ether oxygens (including phenoxy) is 1. The molecule has 0 unspecified atom stereocenters. The lowest BCUT2D eigenvalue weighted by Gasteiger charge is -2.08. The molecule has 2 rings (SSSR count). The molecule has 0 atom stereocenters. The highest BCUT2D eigenvalue weighted by molar-refractivity contribution is 6.31. The molecular weight excluding hydrogens is 274 g/mol. The number of rotatable bonds is 6. The van der Waals surface area contributed by atoms with Crippen LogP contribution in [0.25, 0.3) is 0 Å². The van der Waals surface area contributed by atoms with Gasteiger partial charge >= 0.3 is 0 Å². The predicted molar refractivity (Wildman–Crippen MR) is 79.9 cm³/mol. The third-order valence-corrected chi connectivity index (χ3v) is 3.14. The largest absolute Gasteiger partial charge is 0.493 e. The van der Waals surface area contributed by atoms with Crippen LogP contribution in [0.2, 0.25) is 5.02 Å². The van der Waals surface area contributed by atoms with Crippen molar-refractivity contribution in [3.63, 3.8) is 0 Å². The SMILES string of the molecule is O=C(CCOc1ccccc1)NCc1ccccc1Cl. The number of halogens is 1. The van der Waals surface area contributed by atoms with Crippen molar-refractivity contribution < 1.29 is 9.53 Å². The summed E-state index contributed by atoms with van der Waals surface area (Å²) >= 11 is 6.02. The number of para-hydroxylation sites is 1. The Morgan fingerprint density at radius 2 is 1.75 bits per heavy atom. The van der Waals surface area contributed by atoms with Gasteiger partial charge in [-0.1, -0.05) is 48.0 Å². The normalized spacial score (nSPS) is 10.1. The molecule has 0 aliphatic carbocycles. The molecule has 0 aliphatic rings. The molecule has 0 saturated heterocycles. The van der Waals surface area contributed by atoms with Crippen LogP contribution in [0.15, 0.2) is 54.6 Å². The van der Waals surface area contributed by atoms with Gasteiger partial charge < -0.3 is 10.1 Å². The summed E-state index contributed by atoms with van der Waals surface area (Å²) in [5.74, 6) is 0.715. The molecule has 1 N–H and O–H groups in total. The van der Waals surface area contributed by atoms with Gasteiger partial charge in [0.1, 0.15) is 5.75 Å². The Kier molecular flexibility index (Phi) is 5.44. The van der Waals surface area contributed by atoms with Gasteiger partial charge in [-0.25, -0.2) is 0 Å². The second-order valence-electron chi connectivity index (χ2n) is 4.28. The fourth-order valence-electron chi connectivity index (χ4n) is 1.70. The second kappa shape index (κ2) is 7.56. The average molecular weight is 290 g/mol. The van der Waals surface area contributed by atoms with E-state index in [-0.39, 0.29) is 5.91 Å². The zero-order chi connectivity index (χ0) is 14.2. The third-order valence-electron chi connectivity index (χ3n) is 2.77. The standard InChI is InChI=1S/C16H16ClNO2/c17-15-9-5-4-6-13(15)12-18-16(19)10-11-20-14-7-2-1-3-8-14/h1-9H,10-12H2,(H,18,19). The van der Waals surface area contributed by atoms with Crippen molar-refractivity contribution in [2.24, 2.45) is 0 Å². The Balaban J connectivity index is 1.70. The van der Waals surface area contributed by atoms with Gasteiger partial charge in [-0.2, -0.15) is 0 Å². The van der Waals surface area contributed by atoms with Crippen molar-refractivity contribution in [3.8, 4) is 5.75 Å². The molecule has 0 aromatic heterocycles. The maximum absolute atomic E-state index is 11.7. The van der Waals surface area contributed by atoms with Gasteiger partial charge in [0.05, 0.1) is 13.0 Å². The highest BCUT2D eigenvalue weighted by atomic mass is 35.5. The lowest BCUT2D eigenvalue weighted by atomic mass is 10.2. The Bertz CT molecular complexity index is 557. The van der Waals surface area contributed by atoms with Gasteiger partial charge in [0.25, 0.3) is 0 Å². The van der Waals surface area contributed by atoms with E-state index in [0.29, 0.717) is 24.6 Å². The van der Waals surface area contributed by atoms with Gasteiger partial charge in [0, 0.05) is 11.6 Å². The van der Waals surface area contributed by atoms with Gasteiger partial charge in [-0.3, -0.25) is 4.79 Å². The highest BCUT2D eigenvalue weighted by Gasteiger charge is 2.04. The first-order chi connectivity index (χ1) is 9.75. The minimum absolute atomic E-state index is 0.0548. The van der Waals surface area contributed by atoms with Crippen molar-refractivity contribution in [3.05, 3.63) is 65.2 Å². The number of hydrogen-bond donors (Lipinski definition) is 1. The minimum atomic E-state index is -0.0548. The minimum Gasteiger partial charge on any atom is -0.493 e. The van der Waals surface area contributed by atoms with Crippen molar-refractivity contribution in [1.29, 1.82) is 0 Å². The van der Waals surface area contributed by atoms with Crippen LogP contribution in [0.4, 0.5) is 0 Å². The second-order valence-corrected chi connectivity index (χ2v) is 4.69. The first kappa shape index (κ1) is 14.4. The fraction of sp³-hybridized carbons (Fsp3) is 0.188. The molecule has 0 fully saturated rings. The molecule has 3 nitrogen and oxygen atoms in total. The smallest absolute Gasteiger partial charge is 0.223 e. The summed E-state index contributed by atoms with van der Waals surface area (Å²) < 4.78 is 5.47. The number of benzene rings is 2. The monoisotopic (exact) mass is 289 g/mol. The topological polar surface area (TPSA) is 38.3 Å². The zero-order valence-electron chi connectivity index (χ0n) is 11.0. The van der Waals surface area contributed by atoms with Crippen LogP contribution in [-0.4, -0.2) is 12.5 Å². The zero-order valence-corrected chi connectivity index (χ0v) is 11.8. The molecule has 0 radical (unpaired) electrons. The Labute approximate surface area is 123 Å². The first-order valence-electron chi connectivity index (χ1n) is 6.43. The van der Waals surface area contributed by atoms with Crippen molar-refractivity contribution in [2.45, 2.75) is 13.0 Å². The van der Waals surface area contributed by atoms with Crippen LogP contribution >= 0.6 is 11.6 Å². The maximum atomic E-state index is 11.7. The Morgan fingerprint density at radius 1 is 1.05 bits per heavy atom. The third kappa shape index (κ3) is 4.59. The van der Waals surface area contributed by atoms with E-state index >= 15 is 0 Å². The van der Waals surface area contributed by atoms with E-state index in [9.17, 15) is 4.79 Å². The predicted octanol–water partition coefficient (Wildman–Crippen LogP) is 3.43. The molecule has 0 saturated carbocycles. The molecule has 0 aliphatic heterocycles. The van der Waals surface area contributed by atoms with Crippen LogP contribution in [-0.2, 0) is 11.3 Å². The molecule has 4 heteroatoms. The maximum Gasteiger partial charge on any atom is 0.223 e. The molecule has 2 aromatic carbocycles. The van der Waals surface area contributed by atoms with E-state index in [1.165, 1.54) is 0 Å². The van der Waals surface area contributed by atoms with E-state index in [0.717, 1.165) is 11.3 Å². The average Bonchev–Trinajstić information content (AvgIpc) is 2.47. The van der Waals surface area contributed by atoms with Gasteiger partial charge in [0.2, 0.25) is 5.91 Å². The van der Waals surface area contributed by atoms with E-state index < -0.39 is 0 Å². The van der Waals surface area contributed by atoms with E-state index in [1.54, 1.807) is 0 Å². The molecular formula is C16H16ClNO2. The van der Waals surface area contributed by atoms with E-state index in [4.69, 9.17) is 16.3 Å². The summed E-state index contributed by atoms with van der Waals surface area (Å²) in [6, 6.07) is 16.9. The van der Waals surface area contributed by atoms with Gasteiger partial charge in [-0.15, -0.1) is 0 Å². The van der Waals surface area contributed by atoms with Crippen LogP contribution in [0, 0.1) is 0 Å². The number of nitrogens with one attached hydrogen (secondary N) is 1. The number of hydrogen-bond acceptors (Lipinski definition) is 2. The first-order valence-corrected chi connectivity index (χ1v) is 6.81. The molecule has 104 valence electrons. The lowest BCUT2D eigenvalue weighted by molar-refractivity contribution is -0.121. The summed E-state index contributed by atoms with van der Waals surface area (Å²) in [6.45, 7) is 0.794. The van der Waals surface area contributed by atoms with Gasteiger partial charge in [-0.05, 0) is 23.8 Å². The van der Waals surface area contributed by atoms with Crippen molar-refractivity contribution in [1.82, 2.24) is 5.32 Å². The molecule has 2 aromatic rings. The van der Waals surface area contributed by atoms with Crippen molar-refractivity contribution in [2.75, 3.05) is 6.61 Å². The summed E-state index contributed by atoms with van der Waals surface area (Å²) in [5.41, 5.74) is 0.909. The number of carbonyl (C=O) groups excluding carboxylic acids is 1. The number of carbonyl (C=O) groups is 1. The van der Waals surface area contributed by atoms with Gasteiger partial charge in [0.15, 0.2) is 0 Å². The molecule has 0 heterocycles. The van der Waals surface area contributed by atoms with E-state index in [1.807, 2.05) is 54.6 Å². The van der Waals surface area contributed by atoms with Crippen LogP contribution < -0.4 is 10.1 Å². The quantitative estimate of drug-likeness (QED) is 0.885. The highest BCUT2D eigenvalue weighted by Crippen LogP contribution is 2.14. The van der Waals surface area contributed by atoms with E-state index in [2.05, 4.69) is 5.32 Å². The summed E-state index contributed by atoms with van der Waals surface area (Å²) in [6.07, 6.45) is 0.319. The molecule has 0 bridgehead atoms. The summed E-state index contributed by atoms with van der Waals surface area (Å²) in [4.78, 5) is 11.7. The lowest BCUT2D eigenvalue weighted by Crippen LogP contribution is -2.24. The summed E-state index contributed by atoms with van der Waals surface area (Å²) in [5, 5.41) is 3.48. The summed E-state index contributed by atoms with van der Waals surface area (Å²) in [7, 11) is 0.